The number of nitrogens with one attached hydrogen (secondary N) is 1. The summed E-state index contributed by atoms with van der Waals surface area (Å²) in [4.78, 5) is 38.0. The lowest BCUT2D eigenvalue weighted by Crippen LogP contribution is -2.46. The fourth-order valence-corrected chi connectivity index (χ4v) is 3.40. The van der Waals surface area contributed by atoms with Crippen LogP contribution in [0.5, 0.6) is 11.6 Å². The van der Waals surface area contributed by atoms with Crippen molar-refractivity contribution in [3.8, 4) is 11.6 Å². The molecule has 1 saturated heterocycles. The normalized spacial score (nSPS) is 14.7. The zero-order valence-corrected chi connectivity index (χ0v) is 19.1. The number of hydrogen-bond acceptors (Lipinski definition) is 8. The quantitative estimate of drug-likeness (QED) is 0.636. The number of carbonyl (C=O) groups is 2. The number of amides is 1. The van der Waals surface area contributed by atoms with Crippen molar-refractivity contribution in [2.75, 3.05) is 18.0 Å². The lowest BCUT2D eigenvalue weighted by Gasteiger charge is -2.32. The van der Waals surface area contributed by atoms with E-state index in [9.17, 15) is 14.7 Å². The first-order valence-electron chi connectivity index (χ1n) is 10.2. The summed E-state index contributed by atoms with van der Waals surface area (Å²) in [6.45, 7) is 8.43. The molecule has 0 atom stereocenters. The Kier molecular flexibility index (Phi) is 7.02. The molecule has 172 valence electrons. The highest BCUT2D eigenvalue weighted by Crippen LogP contribution is 2.28. The molecule has 0 radical (unpaired) electrons. The minimum Gasteiger partial charge on any atom is -0.478 e. The fourth-order valence-electron chi connectivity index (χ4n) is 3.21. The molecule has 11 heteroatoms. The van der Waals surface area contributed by atoms with E-state index in [1.807, 2.05) is 25.7 Å². The largest absolute Gasteiger partial charge is 0.478 e. The molecule has 0 unspecified atom stereocenters. The molecular formula is C21H26ClN5O5. The third-order valence-corrected chi connectivity index (χ3v) is 4.95. The van der Waals surface area contributed by atoms with Gasteiger partial charge in [-0.05, 0) is 46.6 Å². The highest BCUT2D eigenvalue weighted by Gasteiger charge is 2.25. The van der Waals surface area contributed by atoms with Crippen molar-refractivity contribution in [1.29, 1.82) is 0 Å². The van der Waals surface area contributed by atoms with Crippen molar-refractivity contribution >= 4 is 29.6 Å². The smallest absolute Gasteiger partial charge is 0.407 e. The van der Waals surface area contributed by atoms with Crippen molar-refractivity contribution in [2.45, 2.75) is 52.2 Å². The summed E-state index contributed by atoms with van der Waals surface area (Å²) >= 11 is 5.91. The Labute approximate surface area is 190 Å². The number of alkyl carbamates (subject to hydrolysis) is 1. The Morgan fingerprint density at radius 3 is 2.41 bits per heavy atom. The van der Waals surface area contributed by atoms with Crippen LogP contribution in [0.25, 0.3) is 0 Å². The first-order valence-corrected chi connectivity index (χ1v) is 10.5. The number of carbonyl (C=O) groups excluding carboxylic acids is 1. The highest BCUT2D eigenvalue weighted by molar-refractivity contribution is 6.29. The zero-order chi connectivity index (χ0) is 23.5. The van der Waals surface area contributed by atoms with Crippen molar-refractivity contribution < 1.29 is 24.2 Å². The van der Waals surface area contributed by atoms with Gasteiger partial charge < -0.3 is 24.8 Å². The molecule has 3 heterocycles. The van der Waals surface area contributed by atoms with E-state index in [1.165, 1.54) is 18.5 Å². The van der Waals surface area contributed by atoms with Gasteiger partial charge in [-0.1, -0.05) is 11.6 Å². The van der Waals surface area contributed by atoms with Gasteiger partial charge in [-0.2, -0.15) is 0 Å². The first-order chi connectivity index (χ1) is 15.0. The molecule has 32 heavy (non-hydrogen) atoms. The van der Waals surface area contributed by atoms with Gasteiger partial charge >= 0.3 is 12.1 Å². The molecule has 0 aromatic carbocycles. The van der Waals surface area contributed by atoms with Gasteiger partial charge in [0.2, 0.25) is 11.8 Å². The predicted octanol–water partition coefficient (Wildman–Crippen LogP) is 3.82. The molecule has 2 N–H and O–H groups in total. The van der Waals surface area contributed by atoms with Crippen LogP contribution in [0.3, 0.4) is 0 Å². The minimum atomic E-state index is -1.12. The van der Waals surface area contributed by atoms with Gasteiger partial charge in [0.25, 0.3) is 0 Å². The number of nitrogens with zero attached hydrogens (tertiary/aromatic N) is 4. The van der Waals surface area contributed by atoms with E-state index in [0.29, 0.717) is 30.4 Å². The van der Waals surface area contributed by atoms with Gasteiger partial charge in [0.05, 0.1) is 18.0 Å². The molecule has 2 aromatic rings. The van der Waals surface area contributed by atoms with Crippen molar-refractivity contribution in [1.82, 2.24) is 20.3 Å². The molecule has 0 bridgehead atoms. The number of aromatic carboxylic acids is 1. The number of ether oxygens (including phenoxy) is 2. The summed E-state index contributed by atoms with van der Waals surface area (Å²) in [6, 6.07) is 1.30. The van der Waals surface area contributed by atoms with E-state index in [4.69, 9.17) is 21.1 Å². The second-order valence-corrected chi connectivity index (χ2v) is 8.84. The molecule has 0 saturated carbocycles. The lowest BCUT2D eigenvalue weighted by molar-refractivity contribution is 0.0496. The third kappa shape index (κ3) is 6.19. The van der Waals surface area contributed by atoms with Crippen LogP contribution in [0, 0.1) is 6.92 Å². The van der Waals surface area contributed by atoms with E-state index in [1.54, 1.807) is 6.92 Å². The average molecular weight is 464 g/mol. The zero-order valence-electron chi connectivity index (χ0n) is 18.4. The van der Waals surface area contributed by atoms with E-state index >= 15 is 0 Å². The van der Waals surface area contributed by atoms with E-state index < -0.39 is 17.7 Å². The van der Waals surface area contributed by atoms with Crippen LogP contribution in [0.4, 0.5) is 10.7 Å². The summed E-state index contributed by atoms with van der Waals surface area (Å²) < 4.78 is 11.0. The van der Waals surface area contributed by atoms with Crippen LogP contribution < -0.4 is 15.0 Å². The number of piperidine rings is 1. The lowest BCUT2D eigenvalue weighted by atomic mass is 10.1. The topological polar surface area (TPSA) is 127 Å². The Bertz CT molecular complexity index is 985. The molecule has 1 aliphatic heterocycles. The summed E-state index contributed by atoms with van der Waals surface area (Å²) in [5, 5.41) is 12.2. The van der Waals surface area contributed by atoms with Crippen molar-refractivity contribution in [3.05, 3.63) is 34.7 Å². The number of hydrogen-bond donors (Lipinski definition) is 2. The number of carboxylic acid groups (broad SMARTS) is 1. The van der Waals surface area contributed by atoms with Crippen LogP contribution in [-0.4, -0.2) is 56.9 Å². The second-order valence-electron chi connectivity index (χ2n) is 8.46. The van der Waals surface area contributed by atoms with E-state index in [0.717, 1.165) is 12.8 Å². The Morgan fingerprint density at radius 2 is 1.84 bits per heavy atom. The summed E-state index contributed by atoms with van der Waals surface area (Å²) in [5.74, 6) is -0.187. The Balaban J connectivity index is 1.58. The van der Waals surface area contributed by atoms with Gasteiger partial charge in [-0.25, -0.2) is 24.5 Å². The highest BCUT2D eigenvalue weighted by atomic mass is 35.5. The van der Waals surface area contributed by atoms with Gasteiger partial charge in [0.15, 0.2) is 5.75 Å². The van der Waals surface area contributed by atoms with Gasteiger partial charge in [-0.3, -0.25) is 0 Å². The first kappa shape index (κ1) is 23.5. The summed E-state index contributed by atoms with van der Waals surface area (Å²) in [7, 11) is 0. The van der Waals surface area contributed by atoms with Crippen molar-refractivity contribution in [3.63, 3.8) is 0 Å². The minimum absolute atomic E-state index is 0.0143. The standard InChI is InChI=1S/C21H26ClN5O5/c1-12-15(18(28)29)9-16(22)26-17(12)31-14-10-23-19(24-11-14)27-7-5-13(6-8-27)25-20(30)32-21(2,3)4/h9-11,13H,5-8H2,1-4H3,(H,25,30)(H,28,29). The van der Waals surface area contributed by atoms with Gasteiger partial charge in [0, 0.05) is 24.7 Å². The molecule has 1 aliphatic rings. The van der Waals surface area contributed by atoms with Crippen LogP contribution in [0.1, 0.15) is 49.5 Å². The maximum Gasteiger partial charge on any atom is 0.407 e. The summed E-state index contributed by atoms with van der Waals surface area (Å²) in [6.07, 6.45) is 4.06. The number of pyridine rings is 1. The van der Waals surface area contributed by atoms with Crippen LogP contribution >= 0.6 is 11.6 Å². The molecule has 0 spiro atoms. The van der Waals surface area contributed by atoms with Crippen molar-refractivity contribution in [2.24, 2.45) is 0 Å². The average Bonchev–Trinajstić information content (AvgIpc) is 2.70. The number of anilines is 1. The SMILES string of the molecule is Cc1c(C(=O)O)cc(Cl)nc1Oc1cnc(N2CCC(NC(=O)OC(C)(C)C)CC2)nc1. The maximum atomic E-state index is 11.9. The number of rotatable bonds is 5. The third-order valence-electron chi connectivity index (χ3n) is 4.75. The Hall–Kier alpha value is -3.14. The van der Waals surface area contributed by atoms with E-state index in [2.05, 4.69) is 20.3 Å². The number of halogens is 1. The summed E-state index contributed by atoms with van der Waals surface area (Å²) in [5.41, 5.74) is -0.164. The molecular weight excluding hydrogens is 438 g/mol. The molecule has 10 nitrogen and oxygen atoms in total. The van der Waals surface area contributed by atoms with Gasteiger partial charge in [0.1, 0.15) is 10.8 Å². The van der Waals surface area contributed by atoms with E-state index in [-0.39, 0.29) is 22.6 Å². The van der Waals surface area contributed by atoms with Gasteiger partial charge in [-0.15, -0.1) is 0 Å². The van der Waals surface area contributed by atoms with Crippen LogP contribution in [0.15, 0.2) is 18.5 Å². The number of carboxylic acids is 1. The molecule has 0 aliphatic carbocycles. The second kappa shape index (κ2) is 9.56. The predicted molar refractivity (Wildman–Crippen MR) is 118 cm³/mol. The molecule has 1 amide bonds. The Morgan fingerprint density at radius 1 is 1.22 bits per heavy atom. The molecule has 1 fully saturated rings. The number of aromatic nitrogens is 3. The van der Waals surface area contributed by atoms with Crippen LogP contribution in [-0.2, 0) is 4.74 Å². The molecule has 2 aromatic heterocycles. The van der Waals surface area contributed by atoms with Crippen LogP contribution in [0.2, 0.25) is 5.15 Å². The monoisotopic (exact) mass is 463 g/mol. The molecule has 3 rings (SSSR count). The maximum absolute atomic E-state index is 11.9. The fraction of sp³-hybridized carbons (Fsp3) is 0.476.